The van der Waals surface area contributed by atoms with Crippen LogP contribution in [0.4, 0.5) is 0 Å². The molecule has 0 aromatic carbocycles. The van der Waals surface area contributed by atoms with E-state index in [1.807, 2.05) is 0 Å². The lowest BCUT2D eigenvalue weighted by atomic mass is 9.99. The summed E-state index contributed by atoms with van der Waals surface area (Å²) in [6, 6.07) is 0. The Morgan fingerprint density at radius 1 is 1.38 bits per heavy atom. The van der Waals surface area contributed by atoms with Crippen molar-refractivity contribution in [2.24, 2.45) is 0 Å². The molecule has 1 rings (SSSR count). The third-order valence-electron chi connectivity index (χ3n) is 2.85. The average Bonchev–Trinajstić information content (AvgIpc) is 2.53. The summed E-state index contributed by atoms with van der Waals surface area (Å²) in [6.07, 6.45) is 6.93. The summed E-state index contributed by atoms with van der Waals surface area (Å²) in [6.45, 7) is 5.37. The summed E-state index contributed by atoms with van der Waals surface area (Å²) in [5, 5.41) is 12.7. The van der Waals surface area contributed by atoms with E-state index in [0.717, 1.165) is 19.4 Å². The molecule has 0 aromatic heterocycles. The van der Waals surface area contributed by atoms with Crippen molar-refractivity contribution in [2.45, 2.75) is 45.1 Å². The van der Waals surface area contributed by atoms with E-state index < -0.39 is 0 Å². The molecular formula is C11H21NO. The molecule has 0 unspecified atom stereocenters. The number of hydrogen-bond acceptors (Lipinski definition) is 2. The fraction of sp³-hybridized carbons (Fsp3) is 0.818. The van der Waals surface area contributed by atoms with Gasteiger partial charge in [-0.3, -0.25) is 0 Å². The topological polar surface area (TPSA) is 32.3 Å². The molecule has 2 N–H and O–H groups in total. The highest BCUT2D eigenvalue weighted by Crippen LogP contribution is 2.28. The monoisotopic (exact) mass is 183 g/mol. The Morgan fingerprint density at radius 2 is 2.00 bits per heavy atom. The molecule has 0 atom stereocenters. The lowest BCUT2D eigenvalue weighted by molar-refractivity contribution is 0.168. The maximum absolute atomic E-state index is 9.30. The Bertz CT molecular complexity index is 177. The van der Waals surface area contributed by atoms with Crippen LogP contribution in [-0.4, -0.2) is 23.8 Å². The minimum atomic E-state index is 0.0337. The van der Waals surface area contributed by atoms with Crippen molar-refractivity contribution >= 4 is 0 Å². The third kappa shape index (κ3) is 3.12. The van der Waals surface area contributed by atoms with Crippen LogP contribution in [0, 0.1) is 0 Å². The van der Waals surface area contributed by atoms with E-state index in [4.69, 9.17) is 0 Å². The Hall–Kier alpha value is -0.340. The highest BCUT2D eigenvalue weighted by atomic mass is 16.3. The molecule has 1 saturated carbocycles. The second-order valence-corrected chi connectivity index (χ2v) is 4.31. The van der Waals surface area contributed by atoms with Crippen molar-refractivity contribution in [1.29, 1.82) is 0 Å². The third-order valence-corrected chi connectivity index (χ3v) is 2.85. The SMILES string of the molecule is CC(C)=CCNC1(CO)CCCC1. The molecule has 0 bridgehead atoms. The van der Waals surface area contributed by atoms with Gasteiger partial charge in [0.05, 0.1) is 6.61 Å². The summed E-state index contributed by atoms with van der Waals surface area (Å²) in [4.78, 5) is 0. The van der Waals surface area contributed by atoms with Crippen molar-refractivity contribution in [3.63, 3.8) is 0 Å². The summed E-state index contributed by atoms with van der Waals surface area (Å²) < 4.78 is 0. The molecular weight excluding hydrogens is 162 g/mol. The van der Waals surface area contributed by atoms with E-state index in [0.29, 0.717) is 0 Å². The zero-order valence-corrected chi connectivity index (χ0v) is 8.77. The van der Waals surface area contributed by atoms with Gasteiger partial charge in [-0.15, -0.1) is 0 Å². The van der Waals surface area contributed by atoms with Crippen molar-refractivity contribution < 1.29 is 5.11 Å². The summed E-state index contributed by atoms with van der Waals surface area (Å²) in [7, 11) is 0. The van der Waals surface area contributed by atoms with Gasteiger partial charge in [-0.1, -0.05) is 24.5 Å². The first-order chi connectivity index (χ1) is 6.18. The summed E-state index contributed by atoms with van der Waals surface area (Å²) in [5.41, 5.74) is 1.37. The fourth-order valence-corrected chi connectivity index (χ4v) is 1.91. The van der Waals surface area contributed by atoms with Crippen LogP contribution in [0.1, 0.15) is 39.5 Å². The molecule has 1 aliphatic rings. The predicted molar refractivity (Wildman–Crippen MR) is 55.7 cm³/mol. The van der Waals surface area contributed by atoms with Crippen LogP contribution < -0.4 is 5.32 Å². The van der Waals surface area contributed by atoms with Crippen LogP contribution in [0.15, 0.2) is 11.6 Å². The van der Waals surface area contributed by atoms with E-state index >= 15 is 0 Å². The summed E-state index contributed by atoms with van der Waals surface area (Å²) in [5.74, 6) is 0. The minimum Gasteiger partial charge on any atom is -0.394 e. The van der Waals surface area contributed by atoms with E-state index in [1.165, 1.54) is 18.4 Å². The fourth-order valence-electron chi connectivity index (χ4n) is 1.91. The van der Waals surface area contributed by atoms with E-state index in [-0.39, 0.29) is 12.1 Å². The maximum atomic E-state index is 9.30. The van der Waals surface area contributed by atoms with Gasteiger partial charge in [0.1, 0.15) is 0 Å². The van der Waals surface area contributed by atoms with Crippen LogP contribution in [0.5, 0.6) is 0 Å². The first-order valence-electron chi connectivity index (χ1n) is 5.18. The zero-order valence-electron chi connectivity index (χ0n) is 8.77. The number of hydrogen-bond donors (Lipinski definition) is 2. The molecule has 2 nitrogen and oxygen atoms in total. The number of nitrogens with one attached hydrogen (secondary N) is 1. The van der Waals surface area contributed by atoms with E-state index in [2.05, 4.69) is 25.2 Å². The van der Waals surface area contributed by atoms with Gasteiger partial charge in [0.15, 0.2) is 0 Å². The van der Waals surface area contributed by atoms with Crippen molar-refractivity contribution in [2.75, 3.05) is 13.2 Å². The van der Waals surface area contributed by atoms with Crippen molar-refractivity contribution in [3.05, 3.63) is 11.6 Å². The first kappa shape index (κ1) is 10.7. The molecule has 76 valence electrons. The standard InChI is InChI=1S/C11H21NO/c1-10(2)5-8-12-11(9-13)6-3-4-7-11/h5,12-13H,3-4,6-9H2,1-2H3. The summed E-state index contributed by atoms with van der Waals surface area (Å²) >= 11 is 0. The maximum Gasteiger partial charge on any atom is 0.0613 e. The van der Waals surface area contributed by atoms with Gasteiger partial charge < -0.3 is 10.4 Å². The minimum absolute atomic E-state index is 0.0337. The Morgan fingerprint density at radius 3 is 2.46 bits per heavy atom. The van der Waals surface area contributed by atoms with Gasteiger partial charge in [0.2, 0.25) is 0 Å². The molecule has 0 aromatic rings. The normalized spacial score (nSPS) is 20.2. The van der Waals surface area contributed by atoms with Gasteiger partial charge in [0.25, 0.3) is 0 Å². The molecule has 0 saturated heterocycles. The van der Waals surface area contributed by atoms with Gasteiger partial charge in [-0.25, -0.2) is 0 Å². The molecule has 13 heavy (non-hydrogen) atoms. The van der Waals surface area contributed by atoms with Crippen LogP contribution in [0.3, 0.4) is 0 Å². The molecule has 0 aliphatic heterocycles. The van der Waals surface area contributed by atoms with Gasteiger partial charge >= 0.3 is 0 Å². The van der Waals surface area contributed by atoms with E-state index in [9.17, 15) is 5.11 Å². The smallest absolute Gasteiger partial charge is 0.0613 e. The quantitative estimate of drug-likeness (QED) is 0.652. The molecule has 1 fully saturated rings. The van der Waals surface area contributed by atoms with Gasteiger partial charge in [-0.2, -0.15) is 0 Å². The molecule has 0 amide bonds. The van der Waals surface area contributed by atoms with Crippen molar-refractivity contribution in [3.8, 4) is 0 Å². The van der Waals surface area contributed by atoms with Crippen molar-refractivity contribution in [1.82, 2.24) is 5.32 Å². The number of allylic oxidation sites excluding steroid dienone is 1. The molecule has 1 aliphatic carbocycles. The second-order valence-electron chi connectivity index (χ2n) is 4.31. The molecule has 0 spiro atoms. The highest BCUT2D eigenvalue weighted by Gasteiger charge is 2.31. The van der Waals surface area contributed by atoms with Crippen LogP contribution in [-0.2, 0) is 0 Å². The Kier molecular flexibility index (Phi) is 3.94. The van der Waals surface area contributed by atoms with Crippen LogP contribution in [0.2, 0.25) is 0 Å². The molecule has 0 heterocycles. The first-order valence-corrected chi connectivity index (χ1v) is 5.18. The van der Waals surface area contributed by atoms with Gasteiger partial charge in [0, 0.05) is 12.1 Å². The largest absolute Gasteiger partial charge is 0.394 e. The van der Waals surface area contributed by atoms with E-state index in [1.54, 1.807) is 0 Å². The lowest BCUT2D eigenvalue weighted by Crippen LogP contribution is -2.46. The zero-order chi connectivity index (χ0) is 9.73. The number of aliphatic hydroxyl groups is 1. The predicted octanol–water partition coefficient (Wildman–Crippen LogP) is 1.85. The number of rotatable bonds is 4. The number of aliphatic hydroxyl groups excluding tert-OH is 1. The van der Waals surface area contributed by atoms with Crippen LogP contribution in [0.25, 0.3) is 0 Å². The molecule has 2 heteroatoms. The second kappa shape index (κ2) is 4.77. The van der Waals surface area contributed by atoms with Crippen LogP contribution >= 0.6 is 0 Å². The Labute approximate surface area is 81.0 Å². The lowest BCUT2D eigenvalue weighted by Gasteiger charge is -2.27. The molecule has 0 radical (unpaired) electrons. The Balaban J connectivity index is 2.36. The van der Waals surface area contributed by atoms with Gasteiger partial charge in [-0.05, 0) is 26.7 Å². The highest BCUT2D eigenvalue weighted by molar-refractivity contribution is 4.99. The average molecular weight is 183 g/mol.